The van der Waals surface area contributed by atoms with Crippen molar-refractivity contribution >= 4 is 17.9 Å². The Morgan fingerprint density at radius 1 is 0.900 bits per heavy atom. The van der Waals surface area contributed by atoms with Crippen LogP contribution in [0.3, 0.4) is 0 Å². The van der Waals surface area contributed by atoms with Crippen LogP contribution in [-0.2, 0) is 22.6 Å². The highest BCUT2D eigenvalue weighted by Gasteiger charge is 2.06. The number of amides is 1. The second-order valence-electron chi connectivity index (χ2n) is 7.61. The molecule has 0 saturated carbocycles. The number of carbonyl (C=O) groups is 2. The van der Waals surface area contributed by atoms with Crippen LogP contribution in [0.2, 0.25) is 0 Å². The molecular formula is C23H37N3O4. The first-order chi connectivity index (χ1) is 14.5. The Bertz CT molecular complexity index is 632. The molecule has 0 heterocycles. The monoisotopic (exact) mass is 419 g/mol. The average molecular weight is 420 g/mol. The van der Waals surface area contributed by atoms with Crippen molar-refractivity contribution in [3.63, 3.8) is 0 Å². The lowest BCUT2D eigenvalue weighted by Gasteiger charge is -2.08. The Balaban J connectivity index is 2.05. The molecule has 1 rings (SSSR count). The number of hydrogen-bond donors (Lipinski definition) is 4. The largest absolute Gasteiger partial charge is 0.465 e. The van der Waals surface area contributed by atoms with Gasteiger partial charge in [-0.1, -0.05) is 82.6 Å². The topological polar surface area (TPSA) is 112 Å². The fraction of sp³-hybridized carbons (Fsp3) is 0.609. The van der Waals surface area contributed by atoms with E-state index in [4.69, 9.17) is 15.4 Å². The van der Waals surface area contributed by atoms with Crippen molar-refractivity contribution in [1.29, 1.82) is 5.41 Å². The summed E-state index contributed by atoms with van der Waals surface area (Å²) in [4.78, 5) is 27.3. The number of hydrogen-bond acceptors (Lipinski definition) is 4. The van der Waals surface area contributed by atoms with E-state index in [0.29, 0.717) is 12.8 Å². The number of hydroxylamine groups is 1. The highest BCUT2D eigenvalue weighted by molar-refractivity contribution is 5.80. The van der Waals surface area contributed by atoms with Crippen molar-refractivity contribution in [2.45, 2.75) is 90.5 Å². The second kappa shape index (κ2) is 16.3. The Labute approximate surface area is 180 Å². The molecule has 1 amide bonds. The molecule has 0 unspecified atom stereocenters. The van der Waals surface area contributed by atoms with E-state index in [2.05, 4.69) is 17.7 Å². The van der Waals surface area contributed by atoms with E-state index < -0.39 is 12.1 Å². The summed E-state index contributed by atoms with van der Waals surface area (Å²) in [7, 11) is 0. The maximum Gasteiger partial charge on any atom is 0.404 e. The van der Waals surface area contributed by atoms with Gasteiger partial charge in [0.25, 0.3) is 0 Å². The first-order valence-electron chi connectivity index (χ1n) is 11.1. The van der Waals surface area contributed by atoms with Gasteiger partial charge in [-0.3, -0.25) is 5.41 Å². The van der Waals surface area contributed by atoms with E-state index in [-0.39, 0.29) is 18.8 Å². The van der Waals surface area contributed by atoms with Gasteiger partial charge in [0.2, 0.25) is 0 Å². The number of amidine groups is 1. The van der Waals surface area contributed by atoms with Crippen LogP contribution in [0.25, 0.3) is 0 Å². The minimum absolute atomic E-state index is 0.213. The summed E-state index contributed by atoms with van der Waals surface area (Å²) in [6.07, 6.45) is 11.3. The molecule has 0 saturated heterocycles. The van der Waals surface area contributed by atoms with Crippen LogP contribution in [-0.4, -0.2) is 23.0 Å². The van der Waals surface area contributed by atoms with Gasteiger partial charge in [0.15, 0.2) is 0 Å². The minimum atomic E-state index is -1.06. The molecular weight excluding hydrogens is 382 g/mol. The van der Waals surface area contributed by atoms with Crippen molar-refractivity contribution in [1.82, 2.24) is 10.8 Å². The van der Waals surface area contributed by atoms with Gasteiger partial charge >= 0.3 is 12.1 Å². The molecule has 0 radical (unpaired) electrons. The summed E-state index contributed by atoms with van der Waals surface area (Å²) < 4.78 is 0. The van der Waals surface area contributed by atoms with Crippen LogP contribution in [0.1, 0.15) is 88.7 Å². The van der Waals surface area contributed by atoms with Crippen molar-refractivity contribution in [3.8, 4) is 0 Å². The fourth-order valence-electron chi connectivity index (χ4n) is 3.08. The Kier molecular flexibility index (Phi) is 13.8. The standard InChI is InChI=1S/C23H37N3O4/c1-2-3-4-5-6-7-8-9-10-11-21(24)26-30-22(27)17-16-19-12-14-20(15-13-19)18-25-23(28)29/h12-15,25H,2-11,16-18H2,1H3,(H2,24,26)(H,28,29). The molecule has 1 aromatic carbocycles. The highest BCUT2D eigenvalue weighted by Crippen LogP contribution is 2.11. The van der Waals surface area contributed by atoms with Crippen LogP contribution < -0.4 is 10.8 Å². The zero-order chi connectivity index (χ0) is 22.0. The maximum absolute atomic E-state index is 11.8. The third-order valence-corrected chi connectivity index (χ3v) is 4.90. The normalized spacial score (nSPS) is 10.4. The summed E-state index contributed by atoms with van der Waals surface area (Å²) >= 11 is 0. The molecule has 7 heteroatoms. The molecule has 0 aliphatic carbocycles. The van der Waals surface area contributed by atoms with Crippen LogP contribution in [0, 0.1) is 5.41 Å². The molecule has 0 aromatic heterocycles. The van der Waals surface area contributed by atoms with Gasteiger partial charge in [0, 0.05) is 13.0 Å². The second-order valence-corrected chi connectivity index (χ2v) is 7.61. The molecule has 0 aliphatic heterocycles. The number of carbonyl (C=O) groups excluding carboxylic acids is 1. The number of unbranched alkanes of at least 4 members (excludes halogenated alkanes) is 8. The van der Waals surface area contributed by atoms with Gasteiger partial charge in [-0.15, -0.1) is 0 Å². The molecule has 1 aromatic rings. The Morgan fingerprint density at radius 3 is 2.07 bits per heavy atom. The fourth-order valence-corrected chi connectivity index (χ4v) is 3.08. The van der Waals surface area contributed by atoms with Crippen molar-refractivity contribution in [2.24, 2.45) is 0 Å². The highest BCUT2D eigenvalue weighted by atomic mass is 16.7. The van der Waals surface area contributed by atoms with Crippen LogP contribution in [0.4, 0.5) is 4.79 Å². The van der Waals surface area contributed by atoms with Gasteiger partial charge in [0.05, 0.1) is 6.42 Å². The first kappa shape index (κ1) is 25.5. The first-order valence-corrected chi connectivity index (χ1v) is 11.1. The molecule has 0 bridgehead atoms. The zero-order valence-electron chi connectivity index (χ0n) is 18.2. The van der Waals surface area contributed by atoms with Crippen LogP contribution in [0.15, 0.2) is 24.3 Å². The van der Waals surface area contributed by atoms with E-state index in [1.165, 1.54) is 44.9 Å². The Hall–Kier alpha value is -2.57. The molecule has 30 heavy (non-hydrogen) atoms. The number of nitrogens with one attached hydrogen (secondary N) is 3. The van der Waals surface area contributed by atoms with E-state index in [9.17, 15) is 9.59 Å². The summed E-state index contributed by atoms with van der Waals surface area (Å²) in [5.41, 5.74) is 4.28. The summed E-state index contributed by atoms with van der Waals surface area (Å²) in [5, 5.41) is 18.7. The lowest BCUT2D eigenvalue weighted by atomic mass is 10.1. The zero-order valence-corrected chi connectivity index (χ0v) is 18.2. The third-order valence-electron chi connectivity index (χ3n) is 4.90. The van der Waals surface area contributed by atoms with Crippen molar-refractivity contribution in [2.75, 3.05) is 0 Å². The maximum atomic E-state index is 11.8. The lowest BCUT2D eigenvalue weighted by molar-refractivity contribution is -0.147. The van der Waals surface area contributed by atoms with Crippen LogP contribution >= 0.6 is 0 Å². The van der Waals surface area contributed by atoms with Gasteiger partial charge in [-0.2, -0.15) is 0 Å². The van der Waals surface area contributed by atoms with Crippen LogP contribution in [0.5, 0.6) is 0 Å². The number of rotatable bonds is 15. The van der Waals surface area contributed by atoms with Crippen molar-refractivity contribution in [3.05, 3.63) is 35.4 Å². The number of aryl methyl sites for hydroxylation is 1. The molecule has 4 N–H and O–H groups in total. The minimum Gasteiger partial charge on any atom is -0.465 e. The average Bonchev–Trinajstić information content (AvgIpc) is 2.74. The molecule has 0 atom stereocenters. The smallest absolute Gasteiger partial charge is 0.404 e. The molecule has 7 nitrogen and oxygen atoms in total. The van der Waals surface area contributed by atoms with E-state index >= 15 is 0 Å². The van der Waals surface area contributed by atoms with Crippen molar-refractivity contribution < 1.29 is 19.5 Å². The predicted octanol–water partition coefficient (Wildman–Crippen LogP) is 5.33. The molecule has 168 valence electrons. The van der Waals surface area contributed by atoms with Gasteiger partial charge < -0.3 is 15.3 Å². The van der Waals surface area contributed by atoms with Gasteiger partial charge in [-0.25, -0.2) is 15.1 Å². The summed E-state index contributed by atoms with van der Waals surface area (Å²) in [6.45, 7) is 2.48. The summed E-state index contributed by atoms with van der Waals surface area (Å²) in [5.74, 6) is -0.162. The number of carboxylic acid groups (broad SMARTS) is 1. The van der Waals surface area contributed by atoms with E-state index in [0.717, 1.165) is 24.0 Å². The predicted molar refractivity (Wildman–Crippen MR) is 118 cm³/mol. The van der Waals surface area contributed by atoms with E-state index in [1.54, 1.807) is 0 Å². The van der Waals surface area contributed by atoms with Gasteiger partial charge in [0.1, 0.15) is 5.84 Å². The van der Waals surface area contributed by atoms with E-state index in [1.807, 2.05) is 24.3 Å². The Morgan fingerprint density at radius 2 is 1.47 bits per heavy atom. The molecule has 0 fully saturated rings. The molecule has 0 spiro atoms. The lowest BCUT2D eigenvalue weighted by Crippen LogP contribution is -2.26. The summed E-state index contributed by atoms with van der Waals surface area (Å²) in [6, 6.07) is 7.39. The van der Waals surface area contributed by atoms with Gasteiger partial charge in [-0.05, 0) is 24.0 Å². The third kappa shape index (κ3) is 13.6. The SMILES string of the molecule is CCCCCCCCCCCC(=N)NOC(=O)CCc1ccc(CNC(=O)O)cc1. The quantitative estimate of drug-likeness (QED) is 0.133. The number of benzene rings is 1. The molecule has 0 aliphatic rings.